The number of aromatic hydroxyl groups is 1. The van der Waals surface area contributed by atoms with Crippen LogP contribution >= 0.6 is 0 Å². The standard InChI is InChI=1S/C32H29F3N2O6SSe/c33-32(34,35)22-5-4-6-25(17-22)43-44(40,41)27-18-26-29(20-10-14-24(38)15-11-20)30(31(27)42-26)21-8-12-23(13-9-21)37-28(39)7-2-1-3-16-45-19-36/h4-6,8-15,17,26-27,31,38H,1-3,7,16,18H2,(H,37,39). The van der Waals surface area contributed by atoms with Gasteiger partial charge in [0.2, 0.25) is 0 Å². The Kier molecular flexibility index (Phi) is 9.89. The van der Waals surface area contributed by atoms with Crippen molar-refractivity contribution < 1.29 is 40.4 Å². The van der Waals surface area contributed by atoms with Gasteiger partial charge in [-0.1, -0.05) is 18.2 Å². The maximum atomic E-state index is 13.5. The molecule has 2 aliphatic heterocycles. The van der Waals surface area contributed by atoms with Crippen LogP contribution < -0.4 is 9.50 Å². The molecule has 3 unspecified atom stereocenters. The van der Waals surface area contributed by atoms with E-state index in [1.54, 1.807) is 36.4 Å². The van der Waals surface area contributed by atoms with Crippen LogP contribution in [0.4, 0.5) is 18.9 Å². The molecule has 2 heterocycles. The summed E-state index contributed by atoms with van der Waals surface area (Å²) in [6.45, 7) is 0. The number of amides is 1. The van der Waals surface area contributed by atoms with Gasteiger partial charge in [0.15, 0.2) is 0 Å². The summed E-state index contributed by atoms with van der Waals surface area (Å²) in [7, 11) is -4.44. The molecule has 0 saturated carbocycles. The molecular weight excluding hydrogens is 676 g/mol. The molecule has 0 spiro atoms. The second kappa shape index (κ2) is 13.7. The number of carbonyl (C=O) groups excluding carboxylic acids is 1. The van der Waals surface area contributed by atoms with E-state index in [-0.39, 0.29) is 33.0 Å². The zero-order valence-corrected chi connectivity index (χ0v) is 26.3. The molecule has 1 fully saturated rings. The number of alkyl halides is 3. The zero-order chi connectivity index (χ0) is 32.2. The molecule has 3 aromatic rings. The van der Waals surface area contributed by atoms with E-state index >= 15 is 0 Å². The predicted octanol–water partition coefficient (Wildman–Crippen LogP) is 6.37. The van der Waals surface area contributed by atoms with Gasteiger partial charge in [0.1, 0.15) is 22.9 Å². The average Bonchev–Trinajstić information content (AvgIpc) is 3.60. The number of hydrogen-bond acceptors (Lipinski definition) is 7. The number of nitrogens with zero attached hydrogens (tertiary/aromatic N) is 1. The quantitative estimate of drug-likeness (QED) is 0.127. The molecule has 0 aromatic heterocycles. The van der Waals surface area contributed by atoms with Gasteiger partial charge < -0.3 is 14.0 Å². The second-order valence-corrected chi connectivity index (χ2v) is 14.3. The van der Waals surface area contributed by atoms with Crippen LogP contribution in [0.15, 0.2) is 72.8 Å². The predicted molar refractivity (Wildman–Crippen MR) is 163 cm³/mol. The SMILES string of the molecule is N#C[Se]CCCCCC(=O)Nc1ccc(C2=C(c3ccc(O)cc3)C3CC(S(=O)(=O)Oc4cccc(C(F)(F)F)c4)C2O3)cc1. The first-order valence-corrected chi connectivity index (χ1v) is 17.7. The van der Waals surface area contributed by atoms with Crippen molar-refractivity contribution in [2.75, 3.05) is 5.32 Å². The Labute approximate surface area is 265 Å². The van der Waals surface area contributed by atoms with Crippen molar-refractivity contribution in [2.45, 2.75) is 61.1 Å². The summed E-state index contributed by atoms with van der Waals surface area (Å²) in [5.74, 6) is -0.526. The molecule has 45 heavy (non-hydrogen) atoms. The molecule has 2 N–H and O–H groups in total. The van der Waals surface area contributed by atoms with Crippen molar-refractivity contribution in [1.29, 1.82) is 5.26 Å². The first kappa shape index (κ1) is 32.6. The number of benzene rings is 3. The summed E-state index contributed by atoms with van der Waals surface area (Å²) in [5, 5.41) is 21.0. The summed E-state index contributed by atoms with van der Waals surface area (Å²) >= 11 is -0.00869. The normalized spacial score (nSPS) is 19.4. The van der Waals surface area contributed by atoms with Gasteiger partial charge in [0.05, 0.1) is 11.7 Å². The van der Waals surface area contributed by atoms with Gasteiger partial charge in [-0.25, -0.2) is 0 Å². The van der Waals surface area contributed by atoms with E-state index in [0.717, 1.165) is 47.5 Å². The summed E-state index contributed by atoms with van der Waals surface area (Å²) < 4.78 is 77.9. The van der Waals surface area contributed by atoms with Crippen LogP contribution in [0.2, 0.25) is 5.32 Å². The molecule has 3 atom stereocenters. The number of phenols is 1. The van der Waals surface area contributed by atoms with Gasteiger partial charge in [-0.3, -0.25) is 0 Å². The van der Waals surface area contributed by atoms with Crippen LogP contribution in [0.1, 0.15) is 48.8 Å². The van der Waals surface area contributed by atoms with E-state index in [4.69, 9.17) is 14.2 Å². The van der Waals surface area contributed by atoms with Gasteiger partial charge >= 0.3 is 130 Å². The molecular formula is C32H29F3N2O6SSe. The van der Waals surface area contributed by atoms with Gasteiger partial charge in [-0.2, -0.15) is 21.6 Å². The monoisotopic (exact) mass is 706 g/mol. The van der Waals surface area contributed by atoms with E-state index in [9.17, 15) is 31.5 Å². The number of ether oxygens (including phenoxy) is 1. The van der Waals surface area contributed by atoms with Gasteiger partial charge in [0, 0.05) is 6.42 Å². The van der Waals surface area contributed by atoms with Gasteiger partial charge in [0.25, 0.3) is 0 Å². The van der Waals surface area contributed by atoms with Crippen LogP contribution in [0.25, 0.3) is 11.1 Å². The minimum absolute atomic E-state index is 0.00869. The van der Waals surface area contributed by atoms with E-state index in [1.807, 2.05) is 0 Å². The number of fused-ring (bicyclic) bond motifs is 2. The number of halogens is 3. The first-order chi connectivity index (χ1) is 21.5. The molecule has 0 radical (unpaired) electrons. The number of nitrogens with one attached hydrogen (secondary N) is 1. The zero-order valence-electron chi connectivity index (χ0n) is 23.8. The van der Waals surface area contributed by atoms with Crippen LogP contribution in [-0.2, 0) is 25.8 Å². The number of hydrogen-bond donors (Lipinski definition) is 2. The summed E-state index contributed by atoms with van der Waals surface area (Å²) in [5.41, 5.74) is 2.21. The Morgan fingerprint density at radius 2 is 1.71 bits per heavy atom. The topological polar surface area (TPSA) is 126 Å². The van der Waals surface area contributed by atoms with Gasteiger partial charge in [-0.05, 0) is 41.5 Å². The van der Waals surface area contributed by atoms with Crippen molar-refractivity contribution in [3.63, 3.8) is 0 Å². The molecule has 3 aromatic carbocycles. The van der Waals surface area contributed by atoms with Crippen molar-refractivity contribution in [1.82, 2.24) is 0 Å². The molecule has 13 heteroatoms. The van der Waals surface area contributed by atoms with E-state index < -0.39 is 45.1 Å². The molecule has 0 aliphatic carbocycles. The molecule has 2 bridgehead atoms. The summed E-state index contributed by atoms with van der Waals surface area (Å²) in [6, 6.07) is 17.0. The second-order valence-electron chi connectivity index (χ2n) is 10.7. The molecule has 236 valence electrons. The fourth-order valence-corrected chi connectivity index (χ4v) is 7.88. The molecule has 2 aliphatic rings. The Morgan fingerprint density at radius 3 is 2.40 bits per heavy atom. The third kappa shape index (κ3) is 7.71. The third-order valence-corrected chi connectivity index (χ3v) is 10.5. The van der Waals surface area contributed by atoms with Crippen molar-refractivity contribution in [3.05, 3.63) is 89.5 Å². The van der Waals surface area contributed by atoms with Crippen molar-refractivity contribution in [3.8, 4) is 16.5 Å². The number of phenolic OH excluding ortho intramolecular Hbond substituents is 1. The van der Waals surface area contributed by atoms with Crippen molar-refractivity contribution in [2.24, 2.45) is 0 Å². The Hall–Kier alpha value is -3.82. The number of carbonyl (C=O) groups is 1. The minimum atomic E-state index is -4.67. The molecule has 1 amide bonds. The van der Waals surface area contributed by atoms with E-state index in [2.05, 4.69) is 10.3 Å². The molecule has 1 saturated heterocycles. The first-order valence-electron chi connectivity index (χ1n) is 14.2. The van der Waals surface area contributed by atoms with Gasteiger partial charge in [-0.15, -0.1) is 0 Å². The Bertz CT molecular complexity index is 1720. The van der Waals surface area contributed by atoms with E-state index in [0.29, 0.717) is 35.7 Å². The van der Waals surface area contributed by atoms with E-state index in [1.165, 1.54) is 12.1 Å². The maximum absolute atomic E-state index is 13.5. The summed E-state index contributed by atoms with van der Waals surface area (Å²) in [6.07, 6.45) is -3.41. The Balaban J connectivity index is 1.37. The number of unbranched alkanes of at least 4 members (excludes halogenated alkanes) is 2. The third-order valence-electron chi connectivity index (χ3n) is 7.61. The number of nitriles is 1. The molecule has 8 nitrogen and oxygen atoms in total. The molecule has 5 rings (SSSR count). The number of rotatable bonds is 12. The van der Waals surface area contributed by atoms with Crippen LogP contribution in [0.5, 0.6) is 11.5 Å². The summed E-state index contributed by atoms with van der Waals surface area (Å²) in [4.78, 5) is 14.6. The fraction of sp³-hybridized carbons (Fsp3) is 0.312. The average molecular weight is 706 g/mol. The fourth-order valence-electron chi connectivity index (χ4n) is 5.55. The van der Waals surface area contributed by atoms with Crippen molar-refractivity contribution >= 4 is 47.8 Å². The van der Waals surface area contributed by atoms with Crippen LogP contribution in [0.3, 0.4) is 0 Å². The van der Waals surface area contributed by atoms with Crippen LogP contribution in [-0.4, -0.2) is 51.8 Å². The van der Waals surface area contributed by atoms with Crippen LogP contribution in [0, 0.1) is 10.2 Å². The number of anilines is 1. The Morgan fingerprint density at radius 1 is 1.02 bits per heavy atom.